The van der Waals surface area contributed by atoms with Gasteiger partial charge in [0, 0.05) is 16.6 Å². The van der Waals surface area contributed by atoms with Gasteiger partial charge in [-0.25, -0.2) is 8.42 Å². The number of carbonyl (C=O) groups excluding carboxylic acids is 1. The van der Waals surface area contributed by atoms with E-state index < -0.39 is 10.0 Å². The molecule has 3 rings (SSSR count). The van der Waals surface area contributed by atoms with E-state index in [0.717, 1.165) is 10.5 Å². The molecule has 0 bridgehead atoms. The van der Waals surface area contributed by atoms with Gasteiger partial charge in [-0.3, -0.25) is 4.79 Å². The number of nitrogens with one attached hydrogen (secondary N) is 2. The van der Waals surface area contributed by atoms with Gasteiger partial charge in [-0.15, -0.1) is 0 Å². The first kappa shape index (κ1) is 22.3. The minimum absolute atomic E-state index is 0.00704. The van der Waals surface area contributed by atoms with Crippen molar-refractivity contribution in [2.45, 2.75) is 11.4 Å². The average molecular weight is 478 g/mol. The number of quaternary nitrogens is 1. The van der Waals surface area contributed by atoms with Gasteiger partial charge in [-0.2, -0.15) is 4.31 Å². The number of hydrogen-bond acceptors (Lipinski definition) is 3. The van der Waals surface area contributed by atoms with Crippen molar-refractivity contribution in [1.29, 1.82) is 0 Å². The van der Waals surface area contributed by atoms with Gasteiger partial charge < -0.3 is 10.2 Å². The van der Waals surface area contributed by atoms with E-state index in [1.165, 1.54) is 16.4 Å². The van der Waals surface area contributed by atoms with E-state index in [-0.39, 0.29) is 22.4 Å². The Kier molecular flexibility index (Phi) is 7.42. The van der Waals surface area contributed by atoms with Crippen LogP contribution in [0.5, 0.6) is 0 Å². The number of nitrogens with zero attached hydrogens (tertiary/aromatic N) is 1. The molecule has 1 amide bonds. The van der Waals surface area contributed by atoms with E-state index in [4.69, 9.17) is 34.8 Å². The molecule has 1 aliphatic heterocycles. The predicted octanol–water partition coefficient (Wildman–Crippen LogP) is 1.85. The Morgan fingerprint density at radius 2 is 1.72 bits per heavy atom. The standard InChI is InChI=1S/C19H20Cl3N3O3S/c20-15-5-6-17(22)18(11-15)29(27,28)25-9-7-24(8-10-25)13-19(26)23-12-14-3-1-2-4-16(14)21/h1-6,11H,7-10,12-13H2,(H,23,26)/p+1. The molecule has 0 atom stereocenters. The van der Waals surface area contributed by atoms with E-state index in [2.05, 4.69) is 5.32 Å². The predicted molar refractivity (Wildman–Crippen MR) is 114 cm³/mol. The molecule has 1 fully saturated rings. The number of benzene rings is 2. The smallest absolute Gasteiger partial charge is 0.275 e. The Balaban J connectivity index is 1.53. The van der Waals surface area contributed by atoms with Crippen LogP contribution in [-0.4, -0.2) is 51.4 Å². The van der Waals surface area contributed by atoms with Crippen molar-refractivity contribution in [1.82, 2.24) is 9.62 Å². The van der Waals surface area contributed by atoms with Crippen molar-refractivity contribution in [3.8, 4) is 0 Å². The summed E-state index contributed by atoms with van der Waals surface area (Å²) in [5, 5.41) is 3.92. The largest absolute Gasteiger partial charge is 0.347 e. The summed E-state index contributed by atoms with van der Waals surface area (Å²) in [6.45, 7) is 2.29. The van der Waals surface area contributed by atoms with Gasteiger partial charge in [0.05, 0.1) is 31.2 Å². The third-order valence-corrected chi connectivity index (χ3v) is 7.77. The molecular formula is C19H21Cl3N3O3S+. The zero-order valence-electron chi connectivity index (χ0n) is 15.5. The Morgan fingerprint density at radius 1 is 1.03 bits per heavy atom. The van der Waals surface area contributed by atoms with Crippen LogP contribution in [0, 0.1) is 0 Å². The lowest BCUT2D eigenvalue weighted by Gasteiger charge is -2.31. The first-order chi connectivity index (χ1) is 13.8. The van der Waals surface area contributed by atoms with Crippen molar-refractivity contribution < 1.29 is 18.1 Å². The molecule has 0 saturated carbocycles. The van der Waals surface area contributed by atoms with Gasteiger partial charge in [-0.05, 0) is 29.8 Å². The summed E-state index contributed by atoms with van der Waals surface area (Å²) >= 11 is 18.1. The van der Waals surface area contributed by atoms with Crippen LogP contribution in [0.4, 0.5) is 0 Å². The zero-order valence-corrected chi connectivity index (χ0v) is 18.6. The fourth-order valence-electron chi connectivity index (χ4n) is 3.16. The molecule has 156 valence electrons. The van der Waals surface area contributed by atoms with Crippen LogP contribution in [0.1, 0.15) is 5.56 Å². The number of amides is 1. The number of carbonyl (C=O) groups is 1. The second-order valence-corrected chi connectivity index (χ2v) is 9.93. The van der Waals surface area contributed by atoms with Gasteiger partial charge in [0.1, 0.15) is 4.90 Å². The molecule has 1 aliphatic rings. The maximum absolute atomic E-state index is 12.9. The average Bonchev–Trinajstić information content (AvgIpc) is 2.69. The molecule has 10 heteroatoms. The van der Waals surface area contributed by atoms with E-state index in [0.29, 0.717) is 42.8 Å². The summed E-state index contributed by atoms with van der Waals surface area (Å²) in [4.78, 5) is 13.3. The van der Waals surface area contributed by atoms with E-state index in [1.807, 2.05) is 18.2 Å². The molecule has 0 aliphatic carbocycles. The lowest BCUT2D eigenvalue weighted by atomic mass is 10.2. The van der Waals surface area contributed by atoms with Crippen LogP contribution >= 0.6 is 34.8 Å². The van der Waals surface area contributed by atoms with Crippen molar-refractivity contribution in [2.24, 2.45) is 0 Å². The summed E-state index contributed by atoms with van der Waals surface area (Å²) in [5.41, 5.74) is 0.854. The molecule has 29 heavy (non-hydrogen) atoms. The summed E-state index contributed by atoms with van der Waals surface area (Å²) in [7, 11) is -3.73. The summed E-state index contributed by atoms with van der Waals surface area (Å²) in [5.74, 6) is -0.103. The lowest BCUT2D eigenvalue weighted by molar-refractivity contribution is -0.895. The zero-order chi connectivity index (χ0) is 21.0. The highest BCUT2D eigenvalue weighted by atomic mass is 35.5. The summed E-state index contributed by atoms with van der Waals surface area (Å²) in [6.07, 6.45) is 0. The highest BCUT2D eigenvalue weighted by Gasteiger charge is 2.32. The molecule has 2 aromatic carbocycles. The molecule has 0 unspecified atom stereocenters. The fraction of sp³-hybridized carbons (Fsp3) is 0.316. The number of hydrogen-bond donors (Lipinski definition) is 2. The van der Waals surface area contributed by atoms with Crippen molar-refractivity contribution in [3.05, 3.63) is 63.1 Å². The molecule has 0 aromatic heterocycles. The van der Waals surface area contributed by atoms with E-state index >= 15 is 0 Å². The third kappa shape index (κ3) is 5.63. The van der Waals surface area contributed by atoms with Gasteiger partial charge in [0.25, 0.3) is 5.91 Å². The van der Waals surface area contributed by atoms with E-state index in [1.54, 1.807) is 12.1 Å². The number of halogens is 3. The number of piperazine rings is 1. The highest BCUT2D eigenvalue weighted by molar-refractivity contribution is 7.89. The topological polar surface area (TPSA) is 70.9 Å². The first-order valence-corrected chi connectivity index (χ1v) is 11.6. The third-order valence-electron chi connectivity index (χ3n) is 4.78. The Labute approximate surface area is 185 Å². The van der Waals surface area contributed by atoms with Crippen molar-refractivity contribution >= 4 is 50.7 Å². The van der Waals surface area contributed by atoms with Gasteiger partial charge in [0.2, 0.25) is 10.0 Å². The van der Waals surface area contributed by atoms with Crippen LogP contribution in [0.15, 0.2) is 47.4 Å². The molecule has 2 N–H and O–H groups in total. The first-order valence-electron chi connectivity index (χ1n) is 9.06. The Morgan fingerprint density at radius 3 is 2.41 bits per heavy atom. The normalized spacial score (nSPS) is 16.0. The number of sulfonamides is 1. The van der Waals surface area contributed by atoms with Gasteiger partial charge in [-0.1, -0.05) is 53.0 Å². The van der Waals surface area contributed by atoms with E-state index in [9.17, 15) is 13.2 Å². The monoisotopic (exact) mass is 476 g/mol. The Hall–Kier alpha value is -1.35. The van der Waals surface area contributed by atoms with Gasteiger partial charge >= 0.3 is 0 Å². The molecule has 1 saturated heterocycles. The maximum Gasteiger partial charge on any atom is 0.275 e. The molecule has 1 heterocycles. The lowest BCUT2D eigenvalue weighted by Crippen LogP contribution is -3.15. The van der Waals surface area contributed by atoms with Crippen molar-refractivity contribution in [2.75, 3.05) is 32.7 Å². The summed E-state index contributed by atoms with van der Waals surface area (Å²) in [6, 6.07) is 11.7. The minimum atomic E-state index is -3.73. The molecular weight excluding hydrogens is 457 g/mol. The highest BCUT2D eigenvalue weighted by Crippen LogP contribution is 2.27. The molecule has 2 aromatic rings. The second-order valence-electron chi connectivity index (χ2n) is 6.77. The van der Waals surface area contributed by atoms with Crippen LogP contribution in [0.3, 0.4) is 0 Å². The maximum atomic E-state index is 12.9. The second kappa shape index (κ2) is 9.64. The Bertz CT molecular complexity index is 993. The fourth-order valence-corrected chi connectivity index (χ4v) is 5.54. The van der Waals surface area contributed by atoms with Crippen LogP contribution in [0.2, 0.25) is 15.1 Å². The summed E-state index contributed by atoms with van der Waals surface area (Å²) < 4.78 is 27.1. The van der Waals surface area contributed by atoms with Crippen LogP contribution in [-0.2, 0) is 21.4 Å². The van der Waals surface area contributed by atoms with Crippen LogP contribution < -0.4 is 10.2 Å². The van der Waals surface area contributed by atoms with Crippen molar-refractivity contribution in [3.63, 3.8) is 0 Å². The minimum Gasteiger partial charge on any atom is -0.347 e. The van der Waals surface area contributed by atoms with Crippen LogP contribution in [0.25, 0.3) is 0 Å². The molecule has 6 nitrogen and oxygen atoms in total. The van der Waals surface area contributed by atoms with Gasteiger partial charge in [0.15, 0.2) is 6.54 Å². The molecule has 0 radical (unpaired) electrons. The quantitative estimate of drug-likeness (QED) is 0.667. The molecule has 0 spiro atoms. The SMILES string of the molecule is O=C(C[NH+]1CCN(S(=O)(=O)c2cc(Cl)ccc2Cl)CC1)NCc1ccccc1Cl. The number of rotatable bonds is 6.